The number of rotatable bonds is 12. The lowest BCUT2D eigenvalue weighted by Crippen LogP contribution is -2.55. The van der Waals surface area contributed by atoms with Gasteiger partial charge in [0.05, 0.1) is 19.1 Å². The zero-order chi connectivity index (χ0) is 25.8. The molecular weight excluding hydrogens is 456 g/mol. The SMILES string of the molecule is CCOC(=O)[C@H](O)[C@H](CC1CCCCC1)NC(=O)[C@H](Cc1ccccc1)NC(=O)Cc1ccccc1. The van der Waals surface area contributed by atoms with Crippen LogP contribution in [0.25, 0.3) is 0 Å². The van der Waals surface area contributed by atoms with Crippen molar-refractivity contribution in [1.82, 2.24) is 10.6 Å². The molecule has 3 rings (SSSR count). The van der Waals surface area contributed by atoms with Crippen LogP contribution in [0.5, 0.6) is 0 Å². The monoisotopic (exact) mass is 494 g/mol. The van der Waals surface area contributed by atoms with Gasteiger partial charge in [-0.2, -0.15) is 0 Å². The van der Waals surface area contributed by atoms with Gasteiger partial charge in [0.2, 0.25) is 11.8 Å². The third kappa shape index (κ3) is 8.79. The van der Waals surface area contributed by atoms with Crippen molar-refractivity contribution in [2.45, 2.75) is 76.5 Å². The summed E-state index contributed by atoms with van der Waals surface area (Å²) in [6.07, 6.45) is 4.86. The summed E-state index contributed by atoms with van der Waals surface area (Å²) in [4.78, 5) is 38.7. The molecule has 7 heteroatoms. The Hall–Kier alpha value is -3.19. The van der Waals surface area contributed by atoms with Gasteiger partial charge >= 0.3 is 5.97 Å². The second-order valence-electron chi connectivity index (χ2n) is 9.52. The molecule has 2 amide bonds. The lowest BCUT2D eigenvalue weighted by molar-refractivity contribution is -0.155. The van der Waals surface area contributed by atoms with Gasteiger partial charge in [-0.05, 0) is 30.4 Å². The predicted octanol–water partition coefficient (Wildman–Crippen LogP) is 3.34. The lowest BCUT2D eigenvalue weighted by Gasteiger charge is -2.30. The zero-order valence-corrected chi connectivity index (χ0v) is 21.0. The highest BCUT2D eigenvalue weighted by molar-refractivity contribution is 5.89. The number of hydrogen-bond donors (Lipinski definition) is 3. The van der Waals surface area contributed by atoms with E-state index in [4.69, 9.17) is 4.74 Å². The largest absolute Gasteiger partial charge is 0.464 e. The molecule has 0 unspecified atom stereocenters. The van der Waals surface area contributed by atoms with Crippen LogP contribution in [-0.4, -0.2) is 47.7 Å². The summed E-state index contributed by atoms with van der Waals surface area (Å²) in [6.45, 7) is 1.82. The average Bonchev–Trinajstić information content (AvgIpc) is 2.89. The molecule has 0 aliphatic heterocycles. The van der Waals surface area contributed by atoms with Crippen molar-refractivity contribution in [3.63, 3.8) is 0 Å². The minimum atomic E-state index is -1.46. The highest BCUT2D eigenvalue weighted by atomic mass is 16.5. The molecule has 0 radical (unpaired) electrons. The lowest BCUT2D eigenvalue weighted by atomic mass is 9.83. The number of nitrogens with one attached hydrogen (secondary N) is 2. The minimum Gasteiger partial charge on any atom is -0.464 e. The quantitative estimate of drug-likeness (QED) is 0.393. The first kappa shape index (κ1) is 27.4. The molecule has 1 saturated carbocycles. The van der Waals surface area contributed by atoms with E-state index >= 15 is 0 Å². The molecule has 0 aromatic heterocycles. The summed E-state index contributed by atoms with van der Waals surface area (Å²) in [5, 5.41) is 16.5. The first-order valence-corrected chi connectivity index (χ1v) is 13.0. The van der Waals surface area contributed by atoms with Crippen LogP contribution in [-0.2, 0) is 32.0 Å². The van der Waals surface area contributed by atoms with Crippen molar-refractivity contribution < 1.29 is 24.2 Å². The molecule has 0 spiro atoms. The molecule has 3 atom stereocenters. The molecule has 7 nitrogen and oxygen atoms in total. The number of carbonyl (C=O) groups is 3. The number of aliphatic hydroxyl groups is 1. The third-order valence-corrected chi connectivity index (χ3v) is 6.69. The highest BCUT2D eigenvalue weighted by Crippen LogP contribution is 2.28. The number of ether oxygens (including phenoxy) is 1. The fourth-order valence-corrected chi connectivity index (χ4v) is 4.81. The molecule has 0 saturated heterocycles. The van der Waals surface area contributed by atoms with Crippen LogP contribution in [0, 0.1) is 5.92 Å². The zero-order valence-electron chi connectivity index (χ0n) is 21.0. The van der Waals surface area contributed by atoms with E-state index in [1.807, 2.05) is 60.7 Å². The first-order valence-electron chi connectivity index (χ1n) is 13.0. The molecule has 2 aromatic carbocycles. The second kappa shape index (κ2) is 14.4. The Morgan fingerprint density at radius 3 is 2.14 bits per heavy atom. The summed E-state index contributed by atoms with van der Waals surface area (Å²) in [6, 6.07) is 17.1. The van der Waals surface area contributed by atoms with Crippen LogP contribution in [0.1, 0.15) is 56.6 Å². The molecule has 194 valence electrons. The van der Waals surface area contributed by atoms with Gasteiger partial charge < -0.3 is 20.5 Å². The number of hydrogen-bond acceptors (Lipinski definition) is 5. The molecule has 1 aliphatic rings. The van der Waals surface area contributed by atoms with Crippen LogP contribution in [0.15, 0.2) is 60.7 Å². The van der Waals surface area contributed by atoms with Crippen LogP contribution in [0.2, 0.25) is 0 Å². The van der Waals surface area contributed by atoms with Crippen molar-refractivity contribution in [2.24, 2.45) is 5.92 Å². The van der Waals surface area contributed by atoms with Crippen LogP contribution >= 0.6 is 0 Å². The van der Waals surface area contributed by atoms with Crippen molar-refractivity contribution in [3.05, 3.63) is 71.8 Å². The molecule has 1 fully saturated rings. The second-order valence-corrected chi connectivity index (χ2v) is 9.52. The Labute approximate surface area is 213 Å². The fraction of sp³-hybridized carbons (Fsp3) is 0.483. The van der Waals surface area contributed by atoms with E-state index < -0.39 is 30.1 Å². The topological polar surface area (TPSA) is 105 Å². The molecular formula is C29H38N2O5. The van der Waals surface area contributed by atoms with E-state index in [2.05, 4.69) is 10.6 Å². The Kier molecular flexibility index (Phi) is 11.0. The number of carbonyl (C=O) groups excluding carboxylic acids is 3. The summed E-state index contributed by atoms with van der Waals surface area (Å²) in [7, 11) is 0. The first-order chi connectivity index (χ1) is 17.5. The van der Waals surface area contributed by atoms with Gasteiger partial charge in [-0.3, -0.25) is 9.59 Å². The molecule has 1 aliphatic carbocycles. The normalized spacial score (nSPS) is 16.4. The minimum absolute atomic E-state index is 0.145. The maximum Gasteiger partial charge on any atom is 0.337 e. The Morgan fingerprint density at radius 2 is 1.53 bits per heavy atom. The smallest absolute Gasteiger partial charge is 0.337 e. The van der Waals surface area contributed by atoms with Crippen molar-refractivity contribution in [3.8, 4) is 0 Å². The van der Waals surface area contributed by atoms with E-state index in [1.165, 1.54) is 6.42 Å². The van der Waals surface area contributed by atoms with E-state index in [-0.39, 0.29) is 18.9 Å². The maximum absolute atomic E-state index is 13.5. The number of esters is 1. The molecule has 2 aromatic rings. The Bertz CT molecular complexity index is 960. The van der Waals surface area contributed by atoms with Crippen molar-refractivity contribution in [1.29, 1.82) is 0 Å². The Morgan fingerprint density at radius 1 is 0.917 bits per heavy atom. The molecule has 36 heavy (non-hydrogen) atoms. The van der Waals surface area contributed by atoms with E-state index in [0.717, 1.165) is 36.8 Å². The standard InChI is InChI=1S/C29H38N2O5/c1-2-36-29(35)27(33)24(18-21-12-6-3-7-13-21)31-28(34)25(19-22-14-8-4-9-15-22)30-26(32)20-23-16-10-5-11-17-23/h4-5,8-11,14-17,21,24-25,27,33H,2-3,6-7,12-13,18-20H2,1H3,(H,30,32)(H,31,34)/t24-,25-,27+/m0/s1. The summed E-state index contributed by atoms with van der Waals surface area (Å²) in [5.74, 6) is -1.13. The van der Waals surface area contributed by atoms with Gasteiger partial charge in [0.15, 0.2) is 6.10 Å². The predicted molar refractivity (Wildman–Crippen MR) is 138 cm³/mol. The summed E-state index contributed by atoms with van der Waals surface area (Å²) in [5.41, 5.74) is 1.74. The summed E-state index contributed by atoms with van der Waals surface area (Å²) >= 11 is 0. The van der Waals surface area contributed by atoms with Crippen LogP contribution < -0.4 is 10.6 Å². The number of aliphatic hydroxyl groups excluding tert-OH is 1. The maximum atomic E-state index is 13.5. The number of amides is 2. The van der Waals surface area contributed by atoms with Crippen LogP contribution in [0.4, 0.5) is 0 Å². The average molecular weight is 495 g/mol. The molecule has 3 N–H and O–H groups in total. The van der Waals surface area contributed by atoms with Crippen molar-refractivity contribution in [2.75, 3.05) is 6.61 Å². The van der Waals surface area contributed by atoms with E-state index in [9.17, 15) is 19.5 Å². The molecule has 0 heterocycles. The van der Waals surface area contributed by atoms with Gasteiger partial charge in [0.25, 0.3) is 0 Å². The van der Waals surface area contributed by atoms with E-state index in [1.54, 1.807) is 6.92 Å². The third-order valence-electron chi connectivity index (χ3n) is 6.69. The van der Waals surface area contributed by atoms with Gasteiger partial charge in [-0.15, -0.1) is 0 Å². The van der Waals surface area contributed by atoms with Gasteiger partial charge in [-0.1, -0.05) is 92.8 Å². The number of benzene rings is 2. The van der Waals surface area contributed by atoms with Crippen LogP contribution in [0.3, 0.4) is 0 Å². The van der Waals surface area contributed by atoms with E-state index in [0.29, 0.717) is 18.8 Å². The highest BCUT2D eigenvalue weighted by Gasteiger charge is 2.33. The van der Waals surface area contributed by atoms with Gasteiger partial charge in [0, 0.05) is 6.42 Å². The van der Waals surface area contributed by atoms with Gasteiger partial charge in [0.1, 0.15) is 6.04 Å². The van der Waals surface area contributed by atoms with Gasteiger partial charge in [-0.25, -0.2) is 4.79 Å². The fourth-order valence-electron chi connectivity index (χ4n) is 4.81. The van der Waals surface area contributed by atoms with Crippen molar-refractivity contribution >= 4 is 17.8 Å². The Balaban J connectivity index is 1.74. The molecule has 0 bridgehead atoms. The summed E-state index contributed by atoms with van der Waals surface area (Å²) < 4.78 is 5.03.